The van der Waals surface area contributed by atoms with E-state index in [-0.39, 0.29) is 0 Å². The van der Waals surface area contributed by atoms with E-state index < -0.39 is 0 Å². The molecular weight excluding hydrogens is 252 g/mol. The lowest BCUT2D eigenvalue weighted by atomic mass is 10.1. The number of nitrogens with one attached hydrogen (secondary N) is 1. The van der Waals surface area contributed by atoms with Gasteiger partial charge in [0.1, 0.15) is 5.75 Å². The van der Waals surface area contributed by atoms with Gasteiger partial charge in [0, 0.05) is 31.3 Å². The molecule has 2 atom stereocenters. The lowest BCUT2D eigenvalue weighted by Crippen LogP contribution is -2.36. The molecule has 1 saturated heterocycles. The third kappa shape index (κ3) is 3.51. The third-order valence-electron chi connectivity index (χ3n) is 4.05. The van der Waals surface area contributed by atoms with Gasteiger partial charge in [0.2, 0.25) is 0 Å². The molecule has 4 heteroatoms. The molecule has 1 aliphatic heterocycles. The molecule has 0 radical (unpaired) electrons. The topological polar surface area (TPSA) is 33.7 Å². The molecule has 0 spiro atoms. The number of rotatable bonds is 6. The first kappa shape index (κ1) is 15.3. The predicted octanol–water partition coefficient (Wildman–Crippen LogP) is 2.02. The van der Waals surface area contributed by atoms with E-state index in [4.69, 9.17) is 9.47 Å². The molecule has 2 unspecified atom stereocenters. The summed E-state index contributed by atoms with van der Waals surface area (Å²) in [4.78, 5) is 2.37. The van der Waals surface area contributed by atoms with Crippen LogP contribution in [0.1, 0.15) is 24.5 Å². The summed E-state index contributed by atoms with van der Waals surface area (Å²) in [6, 6.07) is 6.89. The molecule has 0 bridgehead atoms. The van der Waals surface area contributed by atoms with Crippen molar-refractivity contribution >= 4 is 0 Å². The first-order chi connectivity index (χ1) is 9.65. The van der Waals surface area contributed by atoms with Crippen molar-refractivity contribution in [1.29, 1.82) is 0 Å². The molecule has 112 valence electrons. The summed E-state index contributed by atoms with van der Waals surface area (Å²) in [5.41, 5.74) is 2.52. The second-order valence-corrected chi connectivity index (χ2v) is 5.52. The maximum atomic E-state index is 5.66. The van der Waals surface area contributed by atoms with E-state index in [9.17, 15) is 0 Å². The van der Waals surface area contributed by atoms with Crippen molar-refractivity contribution in [1.82, 2.24) is 10.2 Å². The number of likely N-dealkylation sites (N-methyl/N-ethyl adjacent to an activating group) is 1. The largest absolute Gasteiger partial charge is 0.496 e. The van der Waals surface area contributed by atoms with Gasteiger partial charge in [-0.25, -0.2) is 0 Å². The molecule has 0 aliphatic carbocycles. The van der Waals surface area contributed by atoms with E-state index in [1.54, 1.807) is 7.11 Å². The highest BCUT2D eigenvalue weighted by Gasteiger charge is 2.28. The molecule has 2 rings (SSSR count). The first-order valence-corrected chi connectivity index (χ1v) is 7.28. The van der Waals surface area contributed by atoms with Crippen LogP contribution in [0.25, 0.3) is 0 Å². The van der Waals surface area contributed by atoms with E-state index in [0.717, 1.165) is 31.9 Å². The summed E-state index contributed by atoms with van der Waals surface area (Å²) in [5, 5.41) is 3.19. The van der Waals surface area contributed by atoms with E-state index in [0.29, 0.717) is 12.1 Å². The molecule has 1 fully saturated rings. The van der Waals surface area contributed by atoms with Crippen molar-refractivity contribution in [2.24, 2.45) is 0 Å². The Bertz CT molecular complexity index is 436. The average molecular weight is 278 g/mol. The third-order valence-corrected chi connectivity index (χ3v) is 4.05. The van der Waals surface area contributed by atoms with E-state index in [1.807, 2.05) is 7.05 Å². The summed E-state index contributed by atoms with van der Waals surface area (Å²) in [5.74, 6) is 0.961. The fourth-order valence-corrected chi connectivity index (χ4v) is 2.95. The molecule has 0 saturated carbocycles. The van der Waals surface area contributed by atoms with Crippen molar-refractivity contribution < 1.29 is 9.47 Å². The Balaban J connectivity index is 2.11. The zero-order valence-electron chi connectivity index (χ0n) is 13.0. The summed E-state index contributed by atoms with van der Waals surface area (Å²) >= 11 is 0. The fraction of sp³-hybridized carbons (Fsp3) is 0.625. The summed E-state index contributed by atoms with van der Waals surface area (Å²) in [7, 11) is 5.87. The molecule has 1 heterocycles. The number of hydrogen-bond donors (Lipinski definition) is 1. The van der Waals surface area contributed by atoms with Gasteiger partial charge in [-0.1, -0.05) is 6.07 Å². The predicted molar refractivity (Wildman–Crippen MR) is 81.0 cm³/mol. The maximum Gasteiger partial charge on any atom is 0.123 e. The Morgan fingerprint density at radius 1 is 1.45 bits per heavy atom. The molecule has 1 aliphatic rings. The van der Waals surface area contributed by atoms with Crippen molar-refractivity contribution in [2.75, 3.05) is 27.8 Å². The molecule has 1 N–H and O–H groups in total. The molecule has 20 heavy (non-hydrogen) atoms. The monoisotopic (exact) mass is 278 g/mol. The lowest BCUT2D eigenvalue weighted by Gasteiger charge is -2.27. The van der Waals surface area contributed by atoms with Gasteiger partial charge in [-0.3, -0.25) is 4.90 Å². The Morgan fingerprint density at radius 2 is 2.25 bits per heavy atom. The van der Waals surface area contributed by atoms with Crippen LogP contribution in [0.15, 0.2) is 18.2 Å². The second kappa shape index (κ2) is 7.07. The van der Waals surface area contributed by atoms with Crippen molar-refractivity contribution in [3.63, 3.8) is 0 Å². The minimum Gasteiger partial charge on any atom is -0.496 e. The minimum absolute atomic E-state index is 0.312. The van der Waals surface area contributed by atoms with E-state index in [2.05, 4.69) is 42.4 Å². The van der Waals surface area contributed by atoms with E-state index >= 15 is 0 Å². The molecule has 1 aromatic rings. The van der Waals surface area contributed by atoms with Gasteiger partial charge >= 0.3 is 0 Å². The van der Waals surface area contributed by atoms with Crippen LogP contribution in [0.4, 0.5) is 0 Å². The Labute approximate surface area is 122 Å². The minimum atomic E-state index is 0.312. The summed E-state index contributed by atoms with van der Waals surface area (Å²) in [6.45, 7) is 4.79. The fourth-order valence-electron chi connectivity index (χ4n) is 2.95. The van der Waals surface area contributed by atoms with Crippen LogP contribution >= 0.6 is 0 Å². The van der Waals surface area contributed by atoms with Crippen LogP contribution in [0, 0.1) is 0 Å². The zero-order chi connectivity index (χ0) is 14.5. The lowest BCUT2D eigenvalue weighted by molar-refractivity contribution is 0.0811. The molecule has 4 nitrogen and oxygen atoms in total. The summed E-state index contributed by atoms with van der Waals surface area (Å²) in [6.07, 6.45) is 1.42. The van der Waals surface area contributed by atoms with Gasteiger partial charge in [0.15, 0.2) is 0 Å². The highest BCUT2D eigenvalue weighted by Crippen LogP contribution is 2.25. The first-order valence-electron chi connectivity index (χ1n) is 7.28. The highest BCUT2D eigenvalue weighted by atomic mass is 16.5. The van der Waals surface area contributed by atoms with Gasteiger partial charge in [0.25, 0.3) is 0 Å². The van der Waals surface area contributed by atoms with Crippen LogP contribution in [0.2, 0.25) is 0 Å². The number of methoxy groups -OCH3 is 1. The van der Waals surface area contributed by atoms with Crippen LogP contribution in [0.5, 0.6) is 5.75 Å². The second-order valence-electron chi connectivity index (χ2n) is 5.52. The van der Waals surface area contributed by atoms with Crippen LogP contribution < -0.4 is 10.1 Å². The van der Waals surface area contributed by atoms with Crippen molar-refractivity contribution in [3.8, 4) is 5.75 Å². The SMILES string of the molecule is CNCc1ccc(OC)c(CN(C)C2CCOC2C)c1. The van der Waals surface area contributed by atoms with Crippen molar-refractivity contribution in [3.05, 3.63) is 29.3 Å². The Hall–Kier alpha value is -1.10. The van der Waals surface area contributed by atoms with Gasteiger partial charge < -0.3 is 14.8 Å². The maximum absolute atomic E-state index is 5.66. The number of benzene rings is 1. The van der Waals surface area contributed by atoms with E-state index in [1.165, 1.54) is 11.1 Å². The summed E-state index contributed by atoms with van der Waals surface area (Å²) < 4.78 is 11.2. The number of hydrogen-bond acceptors (Lipinski definition) is 4. The standard InChI is InChI=1S/C16H26N2O2/c1-12-15(7-8-20-12)18(3)11-14-9-13(10-17-2)5-6-16(14)19-4/h5-6,9,12,15,17H,7-8,10-11H2,1-4H3. The van der Waals surface area contributed by atoms with Gasteiger partial charge in [-0.15, -0.1) is 0 Å². The Kier molecular flexibility index (Phi) is 5.40. The molecule has 1 aromatic carbocycles. The molecular formula is C16H26N2O2. The Morgan fingerprint density at radius 3 is 2.85 bits per heavy atom. The van der Waals surface area contributed by atoms with Gasteiger partial charge in [-0.05, 0) is 45.1 Å². The van der Waals surface area contributed by atoms with Crippen LogP contribution in [-0.2, 0) is 17.8 Å². The van der Waals surface area contributed by atoms with Gasteiger partial charge in [-0.2, -0.15) is 0 Å². The smallest absolute Gasteiger partial charge is 0.123 e. The normalized spacial score (nSPS) is 22.4. The van der Waals surface area contributed by atoms with Gasteiger partial charge in [0.05, 0.1) is 13.2 Å². The number of nitrogens with zero attached hydrogens (tertiary/aromatic N) is 1. The van der Waals surface area contributed by atoms with Crippen molar-refractivity contribution in [2.45, 2.75) is 38.6 Å². The highest BCUT2D eigenvalue weighted by molar-refractivity contribution is 5.37. The molecule has 0 amide bonds. The quantitative estimate of drug-likeness (QED) is 0.863. The zero-order valence-corrected chi connectivity index (χ0v) is 13.0. The molecule has 0 aromatic heterocycles. The van der Waals surface area contributed by atoms with Crippen LogP contribution in [-0.4, -0.2) is 44.9 Å². The average Bonchev–Trinajstić information content (AvgIpc) is 2.86. The van der Waals surface area contributed by atoms with Crippen LogP contribution in [0.3, 0.4) is 0 Å². The number of ether oxygens (including phenoxy) is 2.